The van der Waals surface area contributed by atoms with Crippen molar-refractivity contribution < 1.29 is 0 Å². The number of fused-ring (bicyclic) bond motifs is 2. The zero-order valence-corrected chi connectivity index (χ0v) is 19.9. The standard InChI is InChI=1S/C18H30N4.C9H11N/c1-4-14(19)9-18(21-5-2)16-8-6-7-13-11-22-15(12-20-3)10-17(13)16;1-2-6-9-8(4-1)5-3-7-10-9/h5-8,14-15,18,20-22H,2,4,9-12,19H2,1,3H3;3,5,7H,1-2,4,6H2. The summed E-state index contributed by atoms with van der Waals surface area (Å²) in [4.78, 5) is 4.32. The highest BCUT2D eigenvalue weighted by molar-refractivity contribution is 5.40. The highest BCUT2D eigenvalue weighted by Crippen LogP contribution is 2.28. The van der Waals surface area contributed by atoms with Gasteiger partial charge in [-0.1, -0.05) is 37.8 Å². The van der Waals surface area contributed by atoms with E-state index in [9.17, 15) is 0 Å². The molecule has 2 heterocycles. The van der Waals surface area contributed by atoms with E-state index in [2.05, 4.69) is 58.7 Å². The molecule has 0 saturated heterocycles. The molecule has 5 heteroatoms. The molecular formula is C27H41N5. The third kappa shape index (κ3) is 6.64. The third-order valence-corrected chi connectivity index (χ3v) is 6.64. The second-order valence-electron chi connectivity index (χ2n) is 8.97. The van der Waals surface area contributed by atoms with Crippen LogP contribution in [0.4, 0.5) is 0 Å². The Kier molecular flexibility index (Phi) is 9.72. The summed E-state index contributed by atoms with van der Waals surface area (Å²) in [5, 5.41) is 10.3. The van der Waals surface area contributed by atoms with Crippen molar-refractivity contribution in [3.63, 3.8) is 0 Å². The van der Waals surface area contributed by atoms with Crippen LogP contribution in [-0.2, 0) is 25.8 Å². The molecule has 0 saturated carbocycles. The van der Waals surface area contributed by atoms with E-state index in [1.165, 1.54) is 53.6 Å². The summed E-state index contributed by atoms with van der Waals surface area (Å²) in [6.07, 6.45) is 11.8. The Labute approximate surface area is 194 Å². The molecule has 2 aliphatic rings. The Balaban J connectivity index is 0.000000238. The maximum absolute atomic E-state index is 6.20. The lowest BCUT2D eigenvalue weighted by Gasteiger charge is -2.31. The lowest BCUT2D eigenvalue weighted by Crippen LogP contribution is -2.42. The molecule has 1 aromatic carbocycles. The highest BCUT2D eigenvalue weighted by atomic mass is 15.0. The number of hydrogen-bond donors (Lipinski definition) is 4. The number of rotatable bonds is 8. The molecule has 5 N–H and O–H groups in total. The molecule has 4 rings (SSSR count). The highest BCUT2D eigenvalue weighted by Gasteiger charge is 2.24. The van der Waals surface area contributed by atoms with Crippen molar-refractivity contribution in [3.8, 4) is 0 Å². The largest absolute Gasteiger partial charge is 0.384 e. The molecule has 0 radical (unpaired) electrons. The van der Waals surface area contributed by atoms with Gasteiger partial charge in [0.15, 0.2) is 0 Å². The normalized spacial score (nSPS) is 18.9. The van der Waals surface area contributed by atoms with Crippen LogP contribution in [-0.4, -0.2) is 30.7 Å². The predicted molar refractivity (Wildman–Crippen MR) is 135 cm³/mol. The minimum absolute atomic E-state index is 0.211. The maximum Gasteiger partial charge on any atom is 0.0525 e. The fourth-order valence-electron chi connectivity index (χ4n) is 4.79. The van der Waals surface area contributed by atoms with E-state index in [0.29, 0.717) is 6.04 Å². The number of nitrogens with zero attached hydrogens (tertiary/aromatic N) is 1. The van der Waals surface area contributed by atoms with E-state index in [1.807, 2.05) is 19.3 Å². The van der Waals surface area contributed by atoms with Crippen molar-refractivity contribution in [2.75, 3.05) is 13.6 Å². The minimum Gasteiger partial charge on any atom is -0.384 e. The van der Waals surface area contributed by atoms with Crippen LogP contribution in [0.15, 0.2) is 49.3 Å². The lowest BCUT2D eigenvalue weighted by molar-refractivity contribution is 0.446. The van der Waals surface area contributed by atoms with Crippen LogP contribution in [0.2, 0.25) is 0 Å². The first-order chi connectivity index (χ1) is 15.7. The Bertz CT molecular complexity index is 825. The van der Waals surface area contributed by atoms with E-state index in [4.69, 9.17) is 5.73 Å². The van der Waals surface area contributed by atoms with Gasteiger partial charge < -0.3 is 21.7 Å². The van der Waals surface area contributed by atoms with Gasteiger partial charge in [-0.25, -0.2) is 0 Å². The van der Waals surface area contributed by atoms with Gasteiger partial charge in [0.2, 0.25) is 0 Å². The Morgan fingerprint density at radius 2 is 2.03 bits per heavy atom. The second-order valence-corrected chi connectivity index (χ2v) is 8.97. The monoisotopic (exact) mass is 435 g/mol. The fourth-order valence-corrected chi connectivity index (χ4v) is 4.79. The van der Waals surface area contributed by atoms with Gasteiger partial charge in [-0.15, -0.1) is 0 Å². The summed E-state index contributed by atoms with van der Waals surface area (Å²) < 4.78 is 0. The van der Waals surface area contributed by atoms with Crippen molar-refractivity contribution in [2.24, 2.45) is 5.73 Å². The maximum atomic E-state index is 6.20. The van der Waals surface area contributed by atoms with Crippen LogP contribution in [0, 0.1) is 0 Å². The predicted octanol–water partition coefficient (Wildman–Crippen LogP) is 3.78. The smallest absolute Gasteiger partial charge is 0.0525 e. The summed E-state index contributed by atoms with van der Waals surface area (Å²) in [5.74, 6) is 0. The minimum atomic E-state index is 0.211. The molecule has 1 aromatic heterocycles. The van der Waals surface area contributed by atoms with Crippen molar-refractivity contribution >= 4 is 0 Å². The van der Waals surface area contributed by atoms with Gasteiger partial charge >= 0.3 is 0 Å². The molecule has 3 atom stereocenters. The van der Waals surface area contributed by atoms with E-state index in [0.717, 1.165) is 32.4 Å². The van der Waals surface area contributed by atoms with Gasteiger partial charge in [0, 0.05) is 37.1 Å². The summed E-state index contributed by atoms with van der Waals surface area (Å²) in [7, 11) is 2.01. The number of benzene rings is 1. The van der Waals surface area contributed by atoms with Crippen LogP contribution >= 0.6 is 0 Å². The number of nitrogens with two attached hydrogens (primary N) is 1. The van der Waals surface area contributed by atoms with Crippen molar-refractivity contribution in [1.29, 1.82) is 0 Å². The van der Waals surface area contributed by atoms with Crippen molar-refractivity contribution in [1.82, 2.24) is 20.9 Å². The second kappa shape index (κ2) is 12.7. The third-order valence-electron chi connectivity index (χ3n) is 6.64. The van der Waals surface area contributed by atoms with Gasteiger partial charge in [-0.05, 0) is 86.5 Å². The molecule has 0 spiro atoms. The average molecular weight is 436 g/mol. The molecule has 3 unspecified atom stereocenters. The van der Waals surface area contributed by atoms with E-state index in [-0.39, 0.29) is 12.1 Å². The zero-order valence-electron chi connectivity index (χ0n) is 19.9. The van der Waals surface area contributed by atoms with Gasteiger partial charge in [0.25, 0.3) is 0 Å². The Morgan fingerprint density at radius 1 is 1.22 bits per heavy atom. The number of likely N-dealkylation sites (N-methyl/N-ethyl adjacent to an activating group) is 1. The number of pyridine rings is 1. The Hall–Kier alpha value is -2.21. The van der Waals surface area contributed by atoms with Gasteiger partial charge in [-0.3, -0.25) is 4.98 Å². The lowest BCUT2D eigenvalue weighted by atomic mass is 9.86. The molecule has 5 nitrogen and oxygen atoms in total. The van der Waals surface area contributed by atoms with E-state index < -0.39 is 0 Å². The molecule has 1 aliphatic heterocycles. The number of nitrogens with one attached hydrogen (secondary N) is 3. The van der Waals surface area contributed by atoms with Crippen LogP contribution in [0.5, 0.6) is 0 Å². The van der Waals surface area contributed by atoms with Crippen molar-refractivity contribution in [3.05, 3.63) is 77.3 Å². The first kappa shape index (κ1) is 24.4. The number of hydrogen-bond acceptors (Lipinski definition) is 5. The molecule has 32 heavy (non-hydrogen) atoms. The molecular weight excluding hydrogens is 394 g/mol. The fraction of sp³-hybridized carbons (Fsp3) is 0.519. The summed E-state index contributed by atoms with van der Waals surface area (Å²) in [5.41, 5.74) is 13.3. The molecule has 2 aromatic rings. The SMILES string of the molecule is C=CNC(CC(N)CC)c1cccc2c1CC(CNC)NC2.c1cnc2c(c1)CCCC2. The summed E-state index contributed by atoms with van der Waals surface area (Å²) >= 11 is 0. The molecule has 0 amide bonds. The first-order valence-electron chi connectivity index (χ1n) is 12.2. The molecule has 0 bridgehead atoms. The van der Waals surface area contributed by atoms with E-state index in [1.54, 1.807) is 6.20 Å². The zero-order chi connectivity index (χ0) is 22.8. The van der Waals surface area contributed by atoms with Gasteiger partial charge in [0.05, 0.1) is 6.04 Å². The topological polar surface area (TPSA) is 75.0 Å². The van der Waals surface area contributed by atoms with Crippen LogP contribution < -0.4 is 21.7 Å². The molecule has 0 fully saturated rings. The van der Waals surface area contributed by atoms with Crippen LogP contribution in [0.1, 0.15) is 66.6 Å². The van der Waals surface area contributed by atoms with E-state index >= 15 is 0 Å². The quantitative estimate of drug-likeness (QED) is 0.508. The first-order valence-corrected chi connectivity index (χ1v) is 12.2. The van der Waals surface area contributed by atoms with Crippen LogP contribution in [0.25, 0.3) is 0 Å². The van der Waals surface area contributed by atoms with Crippen LogP contribution in [0.3, 0.4) is 0 Å². The average Bonchev–Trinajstić information content (AvgIpc) is 2.84. The molecule has 1 aliphatic carbocycles. The number of aryl methyl sites for hydroxylation is 2. The molecule has 174 valence electrons. The Morgan fingerprint density at radius 3 is 2.78 bits per heavy atom. The summed E-state index contributed by atoms with van der Waals surface area (Å²) in [6, 6.07) is 11.8. The van der Waals surface area contributed by atoms with Crippen molar-refractivity contribution in [2.45, 2.75) is 76.5 Å². The summed E-state index contributed by atoms with van der Waals surface area (Å²) in [6.45, 7) is 7.91. The number of aromatic nitrogens is 1. The van der Waals surface area contributed by atoms with Gasteiger partial charge in [0.1, 0.15) is 0 Å². The van der Waals surface area contributed by atoms with Gasteiger partial charge in [-0.2, -0.15) is 0 Å².